The summed E-state index contributed by atoms with van der Waals surface area (Å²) in [5, 5.41) is 5.48. The minimum absolute atomic E-state index is 0.0935. The van der Waals surface area contributed by atoms with Crippen molar-refractivity contribution >= 4 is 23.1 Å². The first-order chi connectivity index (χ1) is 12.6. The van der Waals surface area contributed by atoms with E-state index in [9.17, 15) is 13.6 Å². The van der Waals surface area contributed by atoms with Crippen molar-refractivity contribution < 1.29 is 18.3 Å². The zero-order valence-corrected chi connectivity index (χ0v) is 13.7. The van der Waals surface area contributed by atoms with E-state index < -0.39 is 17.5 Å². The summed E-state index contributed by atoms with van der Waals surface area (Å²) in [6.45, 7) is 0. The monoisotopic (exact) mass is 356 g/mol. The summed E-state index contributed by atoms with van der Waals surface area (Å²) in [5.41, 5.74) is 0.878. The Morgan fingerprint density at radius 2 is 1.85 bits per heavy atom. The molecule has 0 fully saturated rings. The minimum Gasteiger partial charge on any atom is -0.495 e. The van der Waals surface area contributed by atoms with Gasteiger partial charge in [0.25, 0.3) is 5.91 Å². The van der Waals surface area contributed by atoms with E-state index in [1.165, 1.54) is 25.6 Å². The number of methoxy groups -OCH3 is 1. The molecule has 0 bridgehead atoms. The lowest BCUT2D eigenvalue weighted by molar-refractivity contribution is 0.102. The second-order valence-corrected chi connectivity index (χ2v) is 5.20. The first kappa shape index (κ1) is 17.3. The van der Waals surface area contributed by atoms with Crippen molar-refractivity contribution in [3.63, 3.8) is 0 Å². The number of ether oxygens (including phenoxy) is 1. The second kappa shape index (κ2) is 7.56. The zero-order chi connectivity index (χ0) is 18.5. The van der Waals surface area contributed by atoms with Crippen molar-refractivity contribution in [3.05, 3.63) is 72.2 Å². The minimum atomic E-state index is -0.988. The number of hydrogen-bond acceptors (Lipinski definition) is 5. The predicted octanol–water partition coefficient (Wildman–Crippen LogP) is 3.76. The van der Waals surface area contributed by atoms with Crippen LogP contribution in [0.1, 0.15) is 10.5 Å². The van der Waals surface area contributed by atoms with Gasteiger partial charge in [-0.15, -0.1) is 0 Å². The van der Waals surface area contributed by atoms with Crippen molar-refractivity contribution in [2.45, 2.75) is 0 Å². The Labute approximate surface area is 147 Å². The summed E-state index contributed by atoms with van der Waals surface area (Å²) in [6, 6.07) is 11.7. The van der Waals surface area contributed by atoms with Gasteiger partial charge in [-0.25, -0.2) is 18.7 Å². The lowest BCUT2D eigenvalue weighted by Crippen LogP contribution is -2.15. The van der Waals surface area contributed by atoms with Crippen LogP contribution in [0.25, 0.3) is 0 Å². The largest absolute Gasteiger partial charge is 0.495 e. The summed E-state index contributed by atoms with van der Waals surface area (Å²) in [4.78, 5) is 20.3. The van der Waals surface area contributed by atoms with Crippen molar-refractivity contribution in [2.24, 2.45) is 0 Å². The van der Waals surface area contributed by atoms with Crippen LogP contribution in [0.5, 0.6) is 5.75 Å². The SMILES string of the molecule is COc1ccccc1NC(=O)c1cc(Nc2ccc(F)c(F)c2)ncn1. The lowest BCUT2D eigenvalue weighted by Gasteiger charge is -2.10. The van der Waals surface area contributed by atoms with E-state index in [-0.39, 0.29) is 11.5 Å². The molecule has 0 aliphatic rings. The van der Waals surface area contributed by atoms with E-state index in [2.05, 4.69) is 20.6 Å². The molecular weight excluding hydrogens is 342 g/mol. The fourth-order valence-electron chi connectivity index (χ4n) is 2.21. The van der Waals surface area contributed by atoms with E-state index in [4.69, 9.17) is 4.74 Å². The highest BCUT2D eigenvalue weighted by atomic mass is 19.2. The van der Waals surface area contributed by atoms with Crippen LogP contribution < -0.4 is 15.4 Å². The van der Waals surface area contributed by atoms with Gasteiger partial charge in [-0.05, 0) is 24.3 Å². The molecule has 26 heavy (non-hydrogen) atoms. The van der Waals surface area contributed by atoms with Gasteiger partial charge in [-0.1, -0.05) is 12.1 Å². The van der Waals surface area contributed by atoms with Gasteiger partial charge >= 0.3 is 0 Å². The molecule has 3 aromatic rings. The molecule has 8 heteroatoms. The molecule has 6 nitrogen and oxygen atoms in total. The lowest BCUT2D eigenvalue weighted by atomic mass is 10.2. The Balaban J connectivity index is 1.78. The Hall–Kier alpha value is -3.55. The van der Waals surface area contributed by atoms with Gasteiger partial charge in [0.05, 0.1) is 12.8 Å². The quantitative estimate of drug-likeness (QED) is 0.728. The Bertz CT molecular complexity index is 950. The van der Waals surface area contributed by atoms with E-state index in [0.717, 1.165) is 12.1 Å². The van der Waals surface area contributed by atoms with Crippen molar-refractivity contribution in [1.29, 1.82) is 0 Å². The Morgan fingerprint density at radius 3 is 2.62 bits per heavy atom. The average Bonchev–Trinajstić information content (AvgIpc) is 2.65. The van der Waals surface area contributed by atoms with Crippen LogP contribution in [0.15, 0.2) is 54.9 Å². The molecule has 0 aliphatic heterocycles. The molecule has 2 N–H and O–H groups in total. The number of hydrogen-bond donors (Lipinski definition) is 2. The third-order valence-corrected chi connectivity index (χ3v) is 3.45. The number of rotatable bonds is 5. The molecule has 0 radical (unpaired) electrons. The maximum atomic E-state index is 13.3. The molecule has 0 unspecified atom stereocenters. The summed E-state index contributed by atoms with van der Waals surface area (Å²) in [7, 11) is 1.50. The van der Waals surface area contributed by atoms with Crippen LogP contribution in [-0.2, 0) is 0 Å². The Morgan fingerprint density at radius 1 is 1.04 bits per heavy atom. The number of carbonyl (C=O) groups excluding carboxylic acids is 1. The first-order valence-corrected chi connectivity index (χ1v) is 7.55. The molecule has 1 aromatic heterocycles. The van der Waals surface area contributed by atoms with Crippen LogP contribution in [0.4, 0.5) is 26.0 Å². The fraction of sp³-hybridized carbons (Fsp3) is 0.0556. The normalized spacial score (nSPS) is 10.3. The van der Waals surface area contributed by atoms with Gasteiger partial charge in [0.15, 0.2) is 11.6 Å². The maximum Gasteiger partial charge on any atom is 0.274 e. The van der Waals surface area contributed by atoms with Gasteiger partial charge < -0.3 is 15.4 Å². The summed E-state index contributed by atoms with van der Waals surface area (Å²) >= 11 is 0. The number of nitrogens with zero attached hydrogens (tertiary/aromatic N) is 2. The highest BCUT2D eigenvalue weighted by Crippen LogP contribution is 2.24. The maximum absolute atomic E-state index is 13.3. The molecule has 3 rings (SSSR count). The molecule has 0 saturated heterocycles. The molecule has 2 aromatic carbocycles. The van der Waals surface area contributed by atoms with Crippen LogP contribution in [0.3, 0.4) is 0 Å². The zero-order valence-electron chi connectivity index (χ0n) is 13.7. The van der Waals surface area contributed by atoms with Crippen molar-refractivity contribution in [1.82, 2.24) is 9.97 Å². The van der Waals surface area contributed by atoms with Gasteiger partial charge in [-0.3, -0.25) is 4.79 Å². The molecule has 0 atom stereocenters. The second-order valence-electron chi connectivity index (χ2n) is 5.20. The third kappa shape index (κ3) is 3.92. The average molecular weight is 356 g/mol. The summed E-state index contributed by atoms with van der Waals surface area (Å²) in [6.07, 6.45) is 1.19. The molecule has 1 amide bonds. The number of para-hydroxylation sites is 2. The molecule has 1 heterocycles. The van der Waals surface area contributed by atoms with Gasteiger partial charge in [0.1, 0.15) is 23.6 Å². The smallest absolute Gasteiger partial charge is 0.274 e. The van der Waals surface area contributed by atoms with E-state index >= 15 is 0 Å². The van der Waals surface area contributed by atoms with E-state index in [1.807, 2.05) is 0 Å². The van der Waals surface area contributed by atoms with Crippen LogP contribution in [0, 0.1) is 11.6 Å². The van der Waals surface area contributed by atoms with Crippen molar-refractivity contribution in [3.8, 4) is 5.75 Å². The number of carbonyl (C=O) groups is 1. The van der Waals surface area contributed by atoms with E-state index in [1.54, 1.807) is 24.3 Å². The number of halogens is 2. The number of aromatic nitrogens is 2. The molecule has 0 saturated carbocycles. The van der Waals surface area contributed by atoms with Gasteiger partial charge in [0, 0.05) is 17.8 Å². The molecule has 132 valence electrons. The standard InChI is InChI=1S/C18H14F2N4O2/c1-26-16-5-3-2-4-14(16)24-18(25)15-9-17(22-10-21-15)23-11-6-7-12(19)13(20)8-11/h2-10H,1H3,(H,24,25)(H,21,22,23). The summed E-state index contributed by atoms with van der Waals surface area (Å²) in [5.74, 6) is -1.63. The predicted molar refractivity (Wildman–Crippen MR) is 92.6 cm³/mol. The van der Waals surface area contributed by atoms with Gasteiger partial charge in [0.2, 0.25) is 0 Å². The van der Waals surface area contributed by atoms with Crippen LogP contribution >= 0.6 is 0 Å². The highest BCUT2D eigenvalue weighted by molar-refractivity contribution is 6.04. The van der Waals surface area contributed by atoms with E-state index in [0.29, 0.717) is 17.1 Å². The first-order valence-electron chi connectivity index (χ1n) is 7.55. The number of nitrogens with one attached hydrogen (secondary N) is 2. The van der Waals surface area contributed by atoms with Crippen LogP contribution in [-0.4, -0.2) is 23.0 Å². The Kier molecular flexibility index (Phi) is 5.02. The molecule has 0 spiro atoms. The molecular formula is C18H14F2N4O2. The van der Waals surface area contributed by atoms with Crippen LogP contribution in [0.2, 0.25) is 0 Å². The topological polar surface area (TPSA) is 76.1 Å². The number of amides is 1. The number of anilines is 3. The highest BCUT2D eigenvalue weighted by Gasteiger charge is 2.12. The fourth-order valence-corrected chi connectivity index (χ4v) is 2.21. The number of benzene rings is 2. The summed E-state index contributed by atoms with van der Waals surface area (Å²) < 4.78 is 31.4. The van der Waals surface area contributed by atoms with Gasteiger partial charge in [-0.2, -0.15) is 0 Å². The van der Waals surface area contributed by atoms with Crippen molar-refractivity contribution in [2.75, 3.05) is 17.7 Å². The molecule has 0 aliphatic carbocycles. The third-order valence-electron chi connectivity index (χ3n) is 3.45.